The number of ether oxygens (including phenoxy) is 7. The van der Waals surface area contributed by atoms with Crippen LogP contribution in [-0.2, 0) is 25.5 Å². The van der Waals surface area contributed by atoms with Crippen molar-refractivity contribution in [1.29, 1.82) is 0 Å². The summed E-state index contributed by atoms with van der Waals surface area (Å²) >= 11 is 0. The van der Waals surface area contributed by atoms with E-state index in [1.54, 1.807) is 25.9 Å². The number of carbonyl (C=O) groups is 1. The number of hydrogen-bond acceptors (Lipinski definition) is 30. The topological polar surface area (TPSA) is 496 Å². The van der Waals surface area contributed by atoms with E-state index in [0.29, 0.717) is 60.5 Å². The Labute approximate surface area is 500 Å². The van der Waals surface area contributed by atoms with Crippen LogP contribution in [-0.4, -0.2) is 193 Å². The first-order valence-electron chi connectivity index (χ1n) is 27.4. The number of halogens is 1. The minimum Gasteiger partial charge on any atom is -0.493 e. The predicted octanol–water partition coefficient (Wildman–Crippen LogP) is -0.847. The lowest BCUT2D eigenvalue weighted by Crippen LogP contribution is -2.36. The first kappa shape index (κ1) is 67.0. The molecule has 0 saturated carbocycles. The molecule has 4 aliphatic rings. The van der Waals surface area contributed by atoms with Crippen molar-refractivity contribution in [2.24, 2.45) is 4.99 Å². The zero-order valence-corrected chi connectivity index (χ0v) is 48.7. The minimum atomic E-state index is -1.41. The number of aliphatic imine (C=N–C) groups is 1. The van der Waals surface area contributed by atoms with Gasteiger partial charge in [-0.1, -0.05) is 25.8 Å². The molecule has 35 heteroatoms. The normalized spacial score (nSPS) is 24.3. The Bertz CT molecular complexity index is 3460. The molecule has 6 aromatic rings. The van der Waals surface area contributed by atoms with Gasteiger partial charge in [0.25, 0.3) is 0 Å². The number of carbonyl (C=O) groups excluding carboxylic acids is 1. The number of anilines is 5. The number of nitrogens with zero attached hydrogens (tertiary/aromatic N) is 10. The molecule has 1 amide bonds. The number of methoxy groups -OCH3 is 3. The molecule has 0 radical (unpaired) electrons. The number of nitrogens with two attached hydrogens (primary N) is 3. The number of nitrogens with one attached hydrogen (secondary N) is 3. The van der Waals surface area contributed by atoms with Gasteiger partial charge in [-0.25, -0.2) is 38.7 Å². The van der Waals surface area contributed by atoms with E-state index < -0.39 is 109 Å². The number of hydrogen-bond donors (Lipinski definition) is 14. The lowest BCUT2D eigenvalue weighted by Gasteiger charge is -2.17. The van der Waals surface area contributed by atoms with E-state index in [2.05, 4.69) is 50.8 Å². The van der Waals surface area contributed by atoms with E-state index in [9.17, 15) is 49.4 Å². The SMILES string of the molecule is CCCCCOC(=O)Nc1nc(=O)n([C@@H]2O[C@H](C)[C@@H](O)[C@H]2O)cc1F.COc1cc(NCc2ccc3nc(N)nc(N)c3c2C)cc(OC)c1OC.Nc1ncn([C@@H]2O[C@H](CO)[C@@H](O)[C@H]2O)c(=O)n1.OC[C@H]1O[C@@H](n2cnc3c2N=CNC[C@H]3O)C[C@@H]1O. The molecule has 8 heterocycles. The van der Waals surface area contributed by atoms with Crippen LogP contribution in [0.2, 0.25) is 0 Å². The summed E-state index contributed by atoms with van der Waals surface area (Å²) in [4.78, 5) is 62.1. The van der Waals surface area contributed by atoms with Crippen molar-refractivity contribution in [3.8, 4) is 17.2 Å². The van der Waals surface area contributed by atoms with E-state index in [1.165, 1.54) is 19.6 Å². The van der Waals surface area contributed by atoms with Gasteiger partial charge in [-0.2, -0.15) is 15.0 Å². The van der Waals surface area contributed by atoms with Gasteiger partial charge < -0.3 is 102 Å². The number of imidazole rings is 1. The Morgan fingerprint density at radius 1 is 0.807 bits per heavy atom. The van der Waals surface area contributed by atoms with Gasteiger partial charge >= 0.3 is 17.5 Å². The number of aromatic nitrogens is 9. The Morgan fingerprint density at radius 2 is 1.48 bits per heavy atom. The Kier molecular flexibility index (Phi) is 23.2. The average Bonchev–Trinajstić information content (AvgIpc) is 3.46. The van der Waals surface area contributed by atoms with Crippen LogP contribution in [0.25, 0.3) is 10.9 Å². The number of aliphatic hydroxyl groups excluding tert-OH is 8. The van der Waals surface area contributed by atoms with Crippen molar-refractivity contribution >= 4 is 58.4 Å². The number of fused-ring (bicyclic) bond motifs is 2. The molecule has 3 fully saturated rings. The average molecular weight is 1240 g/mol. The third-order valence-corrected chi connectivity index (χ3v) is 14.2. The smallest absolute Gasteiger partial charge is 0.412 e. The molecule has 0 bridgehead atoms. The number of benzene rings is 2. The zero-order chi connectivity index (χ0) is 64.1. The number of nitrogen functional groups attached to an aromatic ring is 3. The third kappa shape index (κ3) is 15.6. The van der Waals surface area contributed by atoms with E-state index in [-0.39, 0.29) is 25.1 Å². The maximum Gasteiger partial charge on any atom is 0.412 e. The highest BCUT2D eigenvalue weighted by molar-refractivity contribution is 5.92. The highest BCUT2D eigenvalue weighted by Crippen LogP contribution is 2.41. The molecule has 3 saturated heterocycles. The second-order valence-electron chi connectivity index (χ2n) is 20.1. The van der Waals surface area contributed by atoms with Crippen molar-refractivity contribution < 1.29 is 83.2 Å². The van der Waals surface area contributed by atoms with Crippen LogP contribution in [0, 0.1) is 12.7 Å². The molecular formula is C53H73FN16O18. The van der Waals surface area contributed by atoms with Gasteiger partial charge in [0.15, 0.2) is 41.4 Å². The van der Waals surface area contributed by atoms with Crippen molar-refractivity contribution in [3.63, 3.8) is 0 Å². The second kappa shape index (κ2) is 30.4. The fraction of sp³-hybridized carbons (Fsp3) is 0.509. The molecule has 12 atom stereocenters. The summed E-state index contributed by atoms with van der Waals surface area (Å²) in [7, 11) is 4.75. The molecule has 4 aliphatic heterocycles. The van der Waals surface area contributed by atoms with E-state index >= 15 is 0 Å². The van der Waals surface area contributed by atoms with Crippen LogP contribution >= 0.6 is 0 Å². The van der Waals surface area contributed by atoms with Crippen LogP contribution in [0.5, 0.6) is 17.2 Å². The lowest BCUT2D eigenvalue weighted by molar-refractivity contribution is -0.0554. The summed E-state index contributed by atoms with van der Waals surface area (Å²) in [5.41, 5.74) is 19.3. The van der Waals surface area contributed by atoms with Crippen LogP contribution < -0.4 is 58.7 Å². The number of amides is 1. The zero-order valence-electron chi connectivity index (χ0n) is 48.7. The highest BCUT2D eigenvalue weighted by atomic mass is 19.1. The summed E-state index contributed by atoms with van der Waals surface area (Å²) < 4.78 is 54.3. The standard InChI is InChI=1S/C19H23N5O3.C15H22FN3O6.C11H16N4O4.C8H12N4O5/c1-10-11(5-6-13-16(10)18(20)24-19(21)23-13)9-22-12-7-14(25-2)17(27-4)15(8-12)26-3;1-3-4-5-6-24-15(23)18-12-9(16)7-19(14(22)17-12)13-11(21)10(20)8(2)25-13;16-3-8-6(17)1-9(19-8)15-5-14-10-7(18)2-12-4-13-11(10)15;9-7-10-2-12(8(16)11-7)6-5(15)4(14)3(1-13)17-6/h5-8,22H,9H2,1-4H3,(H4,20,21,23,24);7-8,10-11,13,20-21H,3-6H2,1-2H3,(H,17,18,22,23);4-9,16-18H,1-3H2,(H,12,13);2-6,13-15H,1H2,(H2,9,11,16)/t;8-,10-,11-,13-;6-,7+,8+,9+;3-,4-,5-,6-/m.101/s1. The summed E-state index contributed by atoms with van der Waals surface area (Å²) in [5, 5.41) is 85.5. The van der Waals surface area contributed by atoms with Crippen LogP contribution in [0.1, 0.15) is 81.1 Å². The lowest BCUT2D eigenvalue weighted by atomic mass is 10.0. The van der Waals surface area contributed by atoms with Gasteiger partial charge in [-0.15, -0.1) is 0 Å². The number of β-amino-alcohol motifs (C(OH)–C–C–N with tert-alkyl or cyclic N) is 1. The fourth-order valence-corrected chi connectivity index (χ4v) is 9.48. The minimum absolute atomic E-state index is 0.169. The largest absolute Gasteiger partial charge is 0.493 e. The molecule has 0 spiro atoms. The molecule has 4 aromatic heterocycles. The fourth-order valence-electron chi connectivity index (χ4n) is 9.48. The molecule has 0 aliphatic carbocycles. The van der Waals surface area contributed by atoms with Gasteiger partial charge in [0.05, 0.1) is 77.7 Å². The first-order chi connectivity index (χ1) is 42.1. The molecule has 0 unspecified atom stereocenters. The number of rotatable bonds is 16. The van der Waals surface area contributed by atoms with Gasteiger partial charge in [0, 0.05) is 42.7 Å². The Balaban J connectivity index is 0.000000170. The molecule has 34 nitrogen and oxygen atoms in total. The number of aryl methyl sites for hydroxylation is 1. The van der Waals surface area contributed by atoms with Crippen molar-refractivity contribution in [3.05, 3.63) is 86.7 Å². The highest BCUT2D eigenvalue weighted by Gasteiger charge is 2.45. The van der Waals surface area contributed by atoms with Crippen LogP contribution in [0.4, 0.5) is 44.2 Å². The molecular weight excluding hydrogens is 1170 g/mol. The molecule has 88 heavy (non-hydrogen) atoms. The van der Waals surface area contributed by atoms with Gasteiger partial charge in [0.1, 0.15) is 66.8 Å². The molecule has 2 aromatic carbocycles. The maximum absolute atomic E-state index is 14.1. The molecule has 10 rings (SSSR count). The Morgan fingerprint density at radius 3 is 2.09 bits per heavy atom. The third-order valence-electron chi connectivity index (χ3n) is 14.2. The van der Waals surface area contributed by atoms with Crippen LogP contribution in [0.15, 0.2) is 57.7 Å². The number of aliphatic hydroxyl groups is 8. The van der Waals surface area contributed by atoms with Crippen LogP contribution in [0.3, 0.4) is 0 Å². The van der Waals surface area contributed by atoms with E-state index in [0.717, 1.165) is 62.2 Å². The van der Waals surface area contributed by atoms with Gasteiger partial charge in [-0.05, 0) is 37.5 Å². The summed E-state index contributed by atoms with van der Waals surface area (Å²) in [6.45, 7) is 5.89. The quantitative estimate of drug-likeness (QED) is 0.0525. The van der Waals surface area contributed by atoms with Gasteiger partial charge in [0.2, 0.25) is 17.6 Å². The molecule has 480 valence electrons. The summed E-state index contributed by atoms with van der Waals surface area (Å²) in [6.07, 6.45) is -5.02. The van der Waals surface area contributed by atoms with Gasteiger partial charge in [-0.3, -0.25) is 19.0 Å². The number of unbranched alkanes of at least 4 members (excludes halogenated alkanes) is 2. The summed E-state index contributed by atoms with van der Waals surface area (Å²) in [6, 6.07) is 7.60. The first-order valence-corrected chi connectivity index (χ1v) is 27.4. The molecule has 17 N–H and O–H groups in total. The summed E-state index contributed by atoms with van der Waals surface area (Å²) in [5.74, 6) is 0.997. The second-order valence-corrected chi connectivity index (χ2v) is 20.1. The van der Waals surface area contributed by atoms with Crippen molar-refractivity contribution in [2.45, 2.75) is 127 Å². The van der Waals surface area contributed by atoms with E-state index in [4.69, 9.17) is 60.6 Å². The predicted molar refractivity (Wildman–Crippen MR) is 310 cm³/mol. The Hall–Kier alpha value is -8.49. The van der Waals surface area contributed by atoms with Crippen molar-refractivity contribution in [1.82, 2.24) is 48.9 Å². The monoisotopic (exact) mass is 1240 g/mol. The van der Waals surface area contributed by atoms with E-state index in [1.807, 2.05) is 38.1 Å². The maximum atomic E-state index is 14.1. The van der Waals surface area contributed by atoms with Crippen molar-refractivity contribution in [2.75, 3.05) is 75.5 Å².